The Labute approximate surface area is 126 Å². The molecular formula is C17H23NO3. The minimum absolute atomic E-state index is 0.207. The summed E-state index contributed by atoms with van der Waals surface area (Å²) < 4.78 is 16.4. The van der Waals surface area contributed by atoms with Crippen LogP contribution in [0.4, 0.5) is 0 Å². The van der Waals surface area contributed by atoms with Gasteiger partial charge in [0.15, 0.2) is 11.5 Å². The molecule has 4 heteroatoms. The van der Waals surface area contributed by atoms with Crippen molar-refractivity contribution in [3.63, 3.8) is 0 Å². The Morgan fingerprint density at radius 1 is 1.19 bits per heavy atom. The Bertz CT molecular complexity index is 604. The van der Waals surface area contributed by atoms with E-state index in [-0.39, 0.29) is 6.04 Å². The van der Waals surface area contributed by atoms with E-state index in [9.17, 15) is 0 Å². The summed E-state index contributed by atoms with van der Waals surface area (Å²) in [5.41, 5.74) is 2.26. The van der Waals surface area contributed by atoms with Crippen LogP contribution in [0.2, 0.25) is 0 Å². The van der Waals surface area contributed by atoms with Crippen molar-refractivity contribution in [3.05, 3.63) is 46.9 Å². The summed E-state index contributed by atoms with van der Waals surface area (Å²) in [6.45, 7) is 6.79. The van der Waals surface area contributed by atoms with Crippen molar-refractivity contribution in [1.29, 1.82) is 0 Å². The van der Waals surface area contributed by atoms with E-state index in [0.717, 1.165) is 28.6 Å². The van der Waals surface area contributed by atoms with Crippen LogP contribution >= 0.6 is 0 Å². The zero-order chi connectivity index (χ0) is 15.4. The number of para-hydroxylation sites is 1. The molecule has 0 fully saturated rings. The van der Waals surface area contributed by atoms with Gasteiger partial charge in [-0.1, -0.05) is 12.1 Å². The summed E-state index contributed by atoms with van der Waals surface area (Å²) in [4.78, 5) is 0. The summed E-state index contributed by atoms with van der Waals surface area (Å²) >= 11 is 0. The molecule has 1 atom stereocenters. The molecule has 1 unspecified atom stereocenters. The normalized spacial score (nSPS) is 12.2. The van der Waals surface area contributed by atoms with Gasteiger partial charge in [-0.25, -0.2) is 0 Å². The highest BCUT2D eigenvalue weighted by Crippen LogP contribution is 2.31. The first-order valence-electron chi connectivity index (χ1n) is 7.07. The van der Waals surface area contributed by atoms with Gasteiger partial charge >= 0.3 is 0 Å². The predicted octanol–water partition coefficient (Wildman–Crippen LogP) is 3.76. The molecule has 1 aromatic carbocycles. The molecule has 1 aromatic heterocycles. The van der Waals surface area contributed by atoms with E-state index >= 15 is 0 Å². The van der Waals surface area contributed by atoms with Crippen LogP contribution in [0.25, 0.3) is 0 Å². The van der Waals surface area contributed by atoms with Crippen molar-refractivity contribution in [1.82, 2.24) is 5.32 Å². The molecule has 4 nitrogen and oxygen atoms in total. The number of nitrogens with one attached hydrogen (secondary N) is 1. The highest BCUT2D eigenvalue weighted by molar-refractivity contribution is 5.46. The van der Waals surface area contributed by atoms with Crippen molar-refractivity contribution in [3.8, 4) is 11.5 Å². The number of rotatable bonds is 6. The lowest BCUT2D eigenvalue weighted by Crippen LogP contribution is -2.18. The van der Waals surface area contributed by atoms with Gasteiger partial charge in [0.05, 0.1) is 14.2 Å². The van der Waals surface area contributed by atoms with Crippen LogP contribution in [0.1, 0.15) is 35.6 Å². The number of furan rings is 1. The third kappa shape index (κ3) is 3.39. The van der Waals surface area contributed by atoms with Crippen molar-refractivity contribution >= 4 is 0 Å². The highest BCUT2D eigenvalue weighted by atomic mass is 16.5. The lowest BCUT2D eigenvalue weighted by molar-refractivity contribution is 0.350. The molecule has 114 valence electrons. The highest BCUT2D eigenvalue weighted by Gasteiger charge is 2.14. The van der Waals surface area contributed by atoms with Crippen LogP contribution < -0.4 is 14.8 Å². The van der Waals surface area contributed by atoms with E-state index in [1.54, 1.807) is 14.2 Å². The third-order valence-electron chi connectivity index (χ3n) is 3.63. The van der Waals surface area contributed by atoms with E-state index in [4.69, 9.17) is 13.9 Å². The lowest BCUT2D eigenvalue weighted by Gasteiger charge is -2.16. The van der Waals surface area contributed by atoms with Gasteiger partial charge < -0.3 is 19.2 Å². The van der Waals surface area contributed by atoms with E-state index in [0.29, 0.717) is 6.54 Å². The molecule has 0 saturated carbocycles. The van der Waals surface area contributed by atoms with Gasteiger partial charge in [-0.15, -0.1) is 0 Å². The fourth-order valence-corrected chi connectivity index (χ4v) is 2.55. The first kappa shape index (κ1) is 15.4. The molecule has 0 amide bonds. The molecule has 0 radical (unpaired) electrons. The maximum Gasteiger partial charge on any atom is 0.165 e. The molecule has 0 aliphatic carbocycles. The summed E-state index contributed by atoms with van der Waals surface area (Å²) in [6.07, 6.45) is 0. The van der Waals surface area contributed by atoms with Gasteiger partial charge in [0, 0.05) is 23.7 Å². The molecule has 0 bridgehead atoms. The van der Waals surface area contributed by atoms with Crippen LogP contribution in [-0.2, 0) is 6.54 Å². The predicted molar refractivity (Wildman–Crippen MR) is 83.0 cm³/mol. The van der Waals surface area contributed by atoms with Gasteiger partial charge in [0.1, 0.15) is 11.5 Å². The number of aryl methyl sites for hydroxylation is 2. The minimum Gasteiger partial charge on any atom is -0.493 e. The SMILES string of the molecule is COc1cccc(CNC(C)c2cc(C)oc2C)c1OC. The number of hydrogen-bond acceptors (Lipinski definition) is 4. The van der Waals surface area contributed by atoms with Gasteiger partial charge in [-0.2, -0.15) is 0 Å². The van der Waals surface area contributed by atoms with Gasteiger partial charge in [-0.3, -0.25) is 0 Å². The van der Waals surface area contributed by atoms with Crippen molar-refractivity contribution in [2.45, 2.75) is 33.4 Å². The van der Waals surface area contributed by atoms with Crippen LogP contribution in [0.5, 0.6) is 11.5 Å². The smallest absolute Gasteiger partial charge is 0.165 e. The molecule has 0 spiro atoms. The molecule has 1 N–H and O–H groups in total. The zero-order valence-electron chi connectivity index (χ0n) is 13.3. The van der Waals surface area contributed by atoms with Crippen LogP contribution in [0.3, 0.4) is 0 Å². The van der Waals surface area contributed by atoms with E-state index in [1.807, 2.05) is 32.0 Å². The molecule has 2 aromatic rings. The Morgan fingerprint density at radius 3 is 2.52 bits per heavy atom. The van der Waals surface area contributed by atoms with E-state index in [1.165, 1.54) is 5.56 Å². The summed E-state index contributed by atoms with van der Waals surface area (Å²) in [5, 5.41) is 3.50. The topological polar surface area (TPSA) is 43.6 Å². The molecule has 1 heterocycles. The maximum absolute atomic E-state index is 5.58. The Kier molecular flexibility index (Phi) is 4.91. The second-order valence-electron chi connectivity index (χ2n) is 5.12. The van der Waals surface area contributed by atoms with Gasteiger partial charge in [0.25, 0.3) is 0 Å². The molecule has 0 aliphatic heterocycles. The average molecular weight is 289 g/mol. The molecule has 21 heavy (non-hydrogen) atoms. The van der Waals surface area contributed by atoms with Crippen molar-refractivity contribution in [2.75, 3.05) is 14.2 Å². The molecule has 0 saturated heterocycles. The first-order chi connectivity index (χ1) is 10.1. The minimum atomic E-state index is 0.207. The fourth-order valence-electron chi connectivity index (χ4n) is 2.55. The molecule has 0 aliphatic rings. The standard InChI is InChI=1S/C17H23NO3/c1-11-9-15(13(3)21-11)12(2)18-10-14-7-6-8-16(19-4)17(14)20-5/h6-9,12,18H,10H2,1-5H3. The van der Waals surface area contributed by atoms with Crippen molar-refractivity contribution < 1.29 is 13.9 Å². The van der Waals surface area contributed by atoms with Crippen molar-refractivity contribution in [2.24, 2.45) is 0 Å². The lowest BCUT2D eigenvalue weighted by atomic mass is 10.1. The van der Waals surface area contributed by atoms with Gasteiger partial charge in [-0.05, 0) is 32.9 Å². The monoisotopic (exact) mass is 289 g/mol. The summed E-state index contributed by atoms with van der Waals surface area (Å²) in [6, 6.07) is 8.19. The second kappa shape index (κ2) is 6.68. The Balaban J connectivity index is 2.11. The number of ether oxygens (including phenoxy) is 2. The number of hydrogen-bond donors (Lipinski definition) is 1. The van der Waals surface area contributed by atoms with E-state index in [2.05, 4.69) is 18.3 Å². The maximum atomic E-state index is 5.58. The number of methoxy groups -OCH3 is 2. The third-order valence-corrected chi connectivity index (χ3v) is 3.63. The van der Waals surface area contributed by atoms with Crippen LogP contribution in [0.15, 0.2) is 28.7 Å². The zero-order valence-corrected chi connectivity index (χ0v) is 13.3. The van der Waals surface area contributed by atoms with E-state index < -0.39 is 0 Å². The van der Waals surface area contributed by atoms with Crippen LogP contribution in [-0.4, -0.2) is 14.2 Å². The molecular weight excluding hydrogens is 266 g/mol. The molecule has 2 rings (SSSR count). The summed E-state index contributed by atoms with van der Waals surface area (Å²) in [7, 11) is 3.31. The van der Waals surface area contributed by atoms with Gasteiger partial charge in [0.2, 0.25) is 0 Å². The van der Waals surface area contributed by atoms with Crippen LogP contribution in [0, 0.1) is 13.8 Å². The fraction of sp³-hybridized carbons (Fsp3) is 0.412. The Morgan fingerprint density at radius 2 is 1.95 bits per heavy atom. The second-order valence-corrected chi connectivity index (χ2v) is 5.12. The first-order valence-corrected chi connectivity index (χ1v) is 7.07. The Hall–Kier alpha value is -1.94. The largest absolute Gasteiger partial charge is 0.493 e. The quantitative estimate of drug-likeness (QED) is 0.879. The summed E-state index contributed by atoms with van der Waals surface area (Å²) in [5.74, 6) is 3.43. The number of benzene rings is 1. The average Bonchev–Trinajstić information content (AvgIpc) is 2.82.